The topological polar surface area (TPSA) is 71.4 Å². The number of carbonyl (C=O) groups excluding carboxylic acids is 1. The van der Waals surface area contributed by atoms with Crippen molar-refractivity contribution in [3.63, 3.8) is 0 Å². The molecule has 0 radical (unpaired) electrons. The zero-order valence-corrected chi connectivity index (χ0v) is 23.6. The molecule has 37 heavy (non-hydrogen) atoms. The molecule has 208 valence electrons. The van der Waals surface area contributed by atoms with E-state index in [1.165, 1.54) is 70.6 Å². The molecular weight excluding hydrogens is 509 g/mol. The summed E-state index contributed by atoms with van der Waals surface area (Å²) in [5, 5.41) is 11.8. The predicted octanol–water partition coefficient (Wildman–Crippen LogP) is 4.29. The molecule has 1 amide bonds. The van der Waals surface area contributed by atoms with Crippen LogP contribution in [0.4, 0.5) is 0 Å². The lowest BCUT2D eigenvalue weighted by Crippen LogP contribution is -2.55. The normalized spacial score (nSPS) is 36.3. The molecule has 2 atom stereocenters. The number of halogens is 2. The number of carbonyl (C=O) groups is 1. The van der Waals surface area contributed by atoms with Crippen molar-refractivity contribution in [1.82, 2.24) is 25.3 Å². The van der Waals surface area contributed by atoms with Gasteiger partial charge in [-0.1, -0.05) is 19.3 Å². The monoisotopic (exact) mass is 553 g/mol. The molecule has 9 heteroatoms. The van der Waals surface area contributed by atoms with Crippen molar-refractivity contribution in [1.29, 1.82) is 0 Å². The number of ether oxygens (including phenoxy) is 1. The molecule has 6 bridgehead atoms. The molecule has 7 nitrogen and oxygen atoms in total. The van der Waals surface area contributed by atoms with Crippen LogP contribution in [0, 0.1) is 29.6 Å². The van der Waals surface area contributed by atoms with Gasteiger partial charge in [-0.25, -0.2) is 4.68 Å². The van der Waals surface area contributed by atoms with E-state index in [9.17, 15) is 4.79 Å². The second-order valence-electron chi connectivity index (χ2n) is 12.8. The fourth-order valence-corrected chi connectivity index (χ4v) is 8.93. The maximum Gasteiger partial charge on any atom is 0.258 e. The van der Waals surface area contributed by atoms with E-state index in [-0.39, 0.29) is 30.7 Å². The van der Waals surface area contributed by atoms with Crippen LogP contribution in [0.25, 0.3) is 0 Å². The molecule has 5 aliphatic carbocycles. The Morgan fingerprint density at radius 3 is 2.38 bits per heavy atom. The van der Waals surface area contributed by atoms with Gasteiger partial charge in [0.15, 0.2) is 0 Å². The van der Waals surface area contributed by atoms with Crippen LogP contribution < -0.4 is 15.4 Å². The highest BCUT2D eigenvalue weighted by atomic mass is 35.5. The zero-order valence-electron chi connectivity index (χ0n) is 22.0. The third kappa shape index (κ3) is 5.53. The molecule has 8 rings (SSSR count). The lowest BCUT2D eigenvalue weighted by atomic mass is 9.54. The second-order valence-corrected chi connectivity index (χ2v) is 12.8. The average molecular weight is 555 g/mol. The van der Waals surface area contributed by atoms with Crippen molar-refractivity contribution >= 4 is 30.7 Å². The first-order valence-electron chi connectivity index (χ1n) is 14.7. The van der Waals surface area contributed by atoms with Crippen LogP contribution in [0.5, 0.6) is 5.88 Å². The summed E-state index contributed by atoms with van der Waals surface area (Å²) < 4.78 is 8.44. The minimum Gasteiger partial charge on any atom is -0.477 e. The maximum absolute atomic E-state index is 13.6. The smallest absolute Gasteiger partial charge is 0.258 e. The van der Waals surface area contributed by atoms with Crippen molar-refractivity contribution in [2.45, 2.75) is 95.3 Å². The van der Waals surface area contributed by atoms with Crippen molar-refractivity contribution in [3.8, 4) is 5.88 Å². The van der Waals surface area contributed by atoms with Crippen LogP contribution in [0.1, 0.15) is 81.0 Å². The van der Waals surface area contributed by atoms with Gasteiger partial charge < -0.3 is 15.4 Å². The molecule has 7 aliphatic rings. The highest BCUT2D eigenvalue weighted by Crippen LogP contribution is 2.53. The Bertz CT molecular complexity index is 908. The number of aromatic nitrogens is 2. The van der Waals surface area contributed by atoms with Gasteiger partial charge in [0.1, 0.15) is 5.56 Å². The second kappa shape index (κ2) is 11.6. The van der Waals surface area contributed by atoms with Gasteiger partial charge in [-0.3, -0.25) is 9.69 Å². The minimum atomic E-state index is 0. The summed E-state index contributed by atoms with van der Waals surface area (Å²) in [6.07, 6.45) is 16.2. The number of piperazine rings is 1. The van der Waals surface area contributed by atoms with E-state index in [1.807, 2.05) is 4.68 Å². The van der Waals surface area contributed by atoms with Crippen LogP contribution in [0.3, 0.4) is 0 Å². The van der Waals surface area contributed by atoms with E-state index in [2.05, 4.69) is 15.5 Å². The van der Waals surface area contributed by atoms with Gasteiger partial charge >= 0.3 is 0 Å². The highest BCUT2D eigenvalue weighted by molar-refractivity contribution is 5.96. The Balaban J connectivity index is 0.00000140. The van der Waals surface area contributed by atoms with Crippen molar-refractivity contribution in [2.75, 3.05) is 26.2 Å². The molecule has 0 unspecified atom stereocenters. The summed E-state index contributed by atoms with van der Waals surface area (Å²) in [6.45, 7) is 4.70. The summed E-state index contributed by atoms with van der Waals surface area (Å²) in [5.74, 6) is 4.54. The molecule has 1 aromatic heterocycles. The Labute approximate surface area is 234 Å². The quantitative estimate of drug-likeness (QED) is 0.502. The molecule has 3 heterocycles. The average Bonchev–Trinajstić information content (AvgIpc) is 3.59. The Kier molecular flexibility index (Phi) is 8.64. The zero-order chi connectivity index (χ0) is 23.4. The van der Waals surface area contributed by atoms with Gasteiger partial charge in [0.25, 0.3) is 5.91 Å². The van der Waals surface area contributed by atoms with Gasteiger partial charge in [0, 0.05) is 37.8 Å². The van der Waals surface area contributed by atoms with E-state index in [1.54, 1.807) is 6.20 Å². The molecule has 2 aliphatic heterocycles. The third-order valence-corrected chi connectivity index (χ3v) is 10.5. The summed E-state index contributed by atoms with van der Waals surface area (Å²) in [7, 11) is 0. The Morgan fingerprint density at radius 1 is 1.00 bits per heavy atom. The molecule has 7 fully saturated rings. The first kappa shape index (κ1) is 27.5. The Morgan fingerprint density at radius 2 is 1.73 bits per heavy atom. The van der Waals surface area contributed by atoms with E-state index < -0.39 is 0 Å². The number of fused-ring (bicyclic) bond motifs is 2. The highest BCUT2D eigenvalue weighted by Gasteiger charge is 2.49. The van der Waals surface area contributed by atoms with Crippen molar-refractivity contribution in [3.05, 3.63) is 11.8 Å². The van der Waals surface area contributed by atoms with Crippen LogP contribution in [-0.2, 0) is 6.54 Å². The van der Waals surface area contributed by atoms with E-state index in [0.717, 1.165) is 38.0 Å². The number of amides is 1. The first-order valence-corrected chi connectivity index (χ1v) is 14.7. The number of nitrogens with zero attached hydrogens (tertiary/aromatic N) is 3. The lowest BCUT2D eigenvalue weighted by molar-refractivity contribution is -0.0120. The number of rotatable bonds is 8. The van der Waals surface area contributed by atoms with Gasteiger partial charge in [0.2, 0.25) is 5.88 Å². The number of hydrogen-bond acceptors (Lipinski definition) is 5. The first-order chi connectivity index (χ1) is 17.2. The number of hydrogen-bond donors (Lipinski definition) is 2. The maximum atomic E-state index is 13.6. The largest absolute Gasteiger partial charge is 0.477 e. The van der Waals surface area contributed by atoms with Gasteiger partial charge in [0.05, 0.1) is 19.3 Å². The fraction of sp³-hybridized carbons (Fsp3) is 0.857. The predicted molar refractivity (Wildman–Crippen MR) is 149 cm³/mol. The van der Waals surface area contributed by atoms with E-state index in [0.29, 0.717) is 53.9 Å². The van der Waals surface area contributed by atoms with Crippen molar-refractivity contribution in [2.24, 2.45) is 29.6 Å². The summed E-state index contributed by atoms with van der Waals surface area (Å²) in [5.41, 5.74) is 0.652. The standard InChI is InChI=1S/C28H43N5O2.2ClH/c34-27(31-26-21-9-19-8-20(11-21)12-22(26)10-19)25-15-30-33(7-6-32-16-23-13-24(32)14-29-23)28(25)35-17-18-4-2-1-3-5-18;;/h15,18-24,26,29H,1-14,16-17H2,(H,31,34);2*1H/t19?,20?,21?,22?,23-,24-,26?;;/m0../s1. The van der Waals surface area contributed by atoms with Gasteiger partial charge in [-0.05, 0) is 81.0 Å². The molecule has 5 saturated carbocycles. The van der Waals surface area contributed by atoms with E-state index in [4.69, 9.17) is 9.84 Å². The molecular formula is C28H45Cl2N5O2. The van der Waals surface area contributed by atoms with Crippen LogP contribution in [0.15, 0.2) is 6.20 Å². The molecule has 0 spiro atoms. The summed E-state index contributed by atoms with van der Waals surface area (Å²) >= 11 is 0. The third-order valence-electron chi connectivity index (χ3n) is 10.5. The van der Waals surface area contributed by atoms with Crippen LogP contribution in [-0.4, -0.2) is 65.0 Å². The van der Waals surface area contributed by atoms with Gasteiger partial charge in [-0.2, -0.15) is 5.10 Å². The fourth-order valence-electron chi connectivity index (χ4n) is 8.93. The SMILES string of the molecule is Cl.Cl.O=C(NC1C2CC3CC(C2)CC1C3)c1cnn(CCN2C[C@@H]3C[C@H]2CN3)c1OCC1CCCCC1. The van der Waals surface area contributed by atoms with Gasteiger partial charge in [-0.15, -0.1) is 24.8 Å². The minimum absolute atomic E-state index is 0. The lowest BCUT2D eigenvalue weighted by Gasteiger charge is -2.54. The molecule has 2 N–H and O–H groups in total. The molecule has 1 aromatic rings. The molecule has 0 aromatic carbocycles. The number of likely N-dealkylation sites (tertiary alicyclic amines) is 1. The van der Waals surface area contributed by atoms with Crippen LogP contribution in [0.2, 0.25) is 0 Å². The summed E-state index contributed by atoms with van der Waals surface area (Å²) in [4.78, 5) is 16.2. The molecule has 2 saturated heterocycles. The van der Waals surface area contributed by atoms with E-state index >= 15 is 0 Å². The Hall–Kier alpha value is -1.02. The number of nitrogens with one attached hydrogen (secondary N) is 2. The summed E-state index contributed by atoms with van der Waals surface area (Å²) in [6, 6.07) is 1.65. The van der Waals surface area contributed by atoms with Crippen LogP contribution >= 0.6 is 24.8 Å². The van der Waals surface area contributed by atoms with Crippen molar-refractivity contribution < 1.29 is 9.53 Å².